The first-order valence-electron chi connectivity index (χ1n) is 8.03. The van der Waals surface area contributed by atoms with Gasteiger partial charge in [0, 0.05) is 24.0 Å². The standard InChI is InChI=1S/C16H20ClN3O4S/c1-11(2)16-18-15(19-24-16)14-9-20(7-8-23-14)25(21,22)10-12-5-3-4-6-13(12)17/h3-6,11,14H,7-10H2,1-2H3/t14-/m1/s1. The number of rotatable bonds is 5. The molecule has 1 fully saturated rings. The molecule has 0 spiro atoms. The molecule has 0 radical (unpaired) electrons. The molecule has 9 heteroatoms. The van der Waals surface area contributed by atoms with Gasteiger partial charge in [-0.25, -0.2) is 8.42 Å². The molecule has 1 aromatic heterocycles. The van der Waals surface area contributed by atoms with Crippen LogP contribution in [0.1, 0.15) is 43.1 Å². The number of sulfonamides is 1. The Hall–Kier alpha value is -1.48. The Balaban J connectivity index is 1.74. The van der Waals surface area contributed by atoms with E-state index in [0.717, 1.165) is 0 Å². The number of hydrogen-bond acceptors (Lipinski definition) is 6. The molecular weight excluding hydrogens is 366 g/mol. The average molecular weight is 386 g/mol. The van der Waals surface area contributed by atoms with E-state index < -0.39 is 16.1 Å². The van der Waals surface area contributed by atoms with E-state index in [-0.39, 0.29) is 31.4 Å². The first-order valence-corrected chi connectivity index (χ1v) is 10.0. The number of benzene rings is 1. The fourth-order valence-electron chi connectivity index (χ4n) is 2.55. The van der Waals surface area contributed by atoms with Crippen molar-refractivity contribution < 1.29 is 17.7 Å². The molecule has 0 unspecified atom stereocenters. The Morgan fingerprint density at radius 2 is 2.12 bits per heavy atom. The second-order valence-corrected chi connectivity index (χ2v) is 8.59. The van der Waals surface area contributed by atoms with Crippen LogP contribution in [0.5, 0.6) is 0 Å². The highest BCUT2D eigenvalue weighted by molar-refractivity contribution is 7.88. The minimum Gasteiger partial charge on any atom is -0.367 e. The minimum atomic E-state index is -3.53. The fourth-order valence-corrected chi connectivity index (χ4v) is 4.37. The first kappa shape index (κ1) is 18.3. The van der Waals surface area contributed by atoms with Gasteiger partial charge in [-0.05, 0) is 11.6 Å². The van der Waals surface area contributed by atoms with E-state index in [1.165, 1.54) is 4.31 Å². The molecular formula is C16H20ClN3O4S. The molecule has 0 aliphatic carbocycles. The molecule has 0 N–H and O–H groups in total. The third-order valence-electron chi connectivity index (χ3n) is 3.96. The highest BCUT2D eigenvalue weighted by Crippen LogP contribution is 2.26. The minimum absolute atomic E-state index is 0.102. The predicted octanol–water partition coefficient (Wildman–Crippen LogP) is 2.75. The Bertz CT molecular complexity index is 837. The molecule has 2 heterocycles. The van der Waals surface area contributed by atoms with Crippen molar-refractivity contribution >= 4 is 21.6 Å². The maximum absolute atomic E-state index is 12.7. The topological polar surface area (TPSA) is 85.5 Å². The number of aromatic nitrogens is 2. The monoisotopic (exact) mass is 385 g/mol. The molecule has 7 nitrogen and oxygen atoms in total. The maximum atomic E-state index is 12.7. The lowest BCUT2D eigenvalue weighted by molar-refractivity contribution is -0.00863. The Labute approximate surface area is 152 Å². The zero-order valence-corrected chi connectivity index (χ0v) is 15.6. The van der Waals surface area contributed by atoms with Crippen LogP contribution in [-0.2, 0) is 20.5 Å². The molecule has 0 saturated carbocycles. The molecule has 136 valence electrons. The van der Waals surface area contributed by atoms with E-state index in [1.54, 1.807) is 24.3 Å². The van der Waals surface area contributed by atoms with Gasteiger partial charge in [0.2, 0.25) is 21.7 Å². The summed E-state index contributed by atoms with van der Waals surface area (Å²) < 4.78 is 37.7. The van der Waals surface area contributed by atoms with Gasteiger partial charge in [-0.1, -0.05) is 48.8 Å². The second kappa shape index (κ2) is 7.41. The summed E-state index contributed by atoms with van der Waals surface area (Å²) in [7, 11) is -3.53. The molecule has 1 atom stereocenters. The van der Waals surface area contributed by atoms with Crippen LogP contribution < -0.4 is 0 Å². The van der Waals surface area contributed by atoms with Gasteiger partial charge < -0.3 is 9.26 Å². The lowest BCUT2D eigenvalue weighted by atomic mass is 10.2. The van der Waals surface area contributed by atoms with Crippen molar-refractivity contribution in [1.29, 1.82) is 0 Å². The summed E-state index contributed by atoms with van der Waals surface area (Å²) in [5.74, 6) is 0.837. The van der Waals surface area contributed by atoms with Crippen molar-refractivity contribution in [3.63, 3.8) is 0 Å². The third kappa shape index (κ3) is 4.20. The smallest absolute Gasteiger partial charge is 0.229 e. The summed E-state index contributed by atoms with van der Waals surface area (Å²) in [6.45, 7) is 4.61. The number of ether oxygens (including phenoxy) is 1. The molecule has 3 rings (SSSR count). The summed E-state index contributed by atoms with van der Waals surface area (Å²) >= 11 is 6.09. The molecule has 1 aliphatic heterocycles. The lowest BCUT2D eigenvalue weighted by Crippen LogP contribution is -2.43. The summed E-state index contributed by atoms with van der Waals surface area (Å²) in [5, 5.41) is 4.36. The van der Waals surface area contributed by atoms with Gasteiger partial charge in [0.1, 0.15) is 6.10 Å². The average Bonchev–Trinajstić information content (AvgIpc) is 3.07. The van der Waals surface area contributed by atoms with E-state index in [9.17, 15) is 8.42 Å². The van der Waals surface area contributed by atoms with E-state index in [4.69, 9.17) is 20.9 Å². The summed E-state index contributed by atoms with van der Waals surface area (Å²) in [6.07, 6.45) is -0.536. The Morgan fingerprint density at radius 3 is 2.80 bits per heavy atom. The molecule has 0 bridgehead atoms. The fraction of sp³-hybridized carbons (Fsp3) is 0.500. The van der Waals surface area contributed by atoms with Gasteiger partial charge in [0.05, 0.1) is 12.4 Å². The van der Waals surface area contributed by atoms with E-state index >= 15 is 0 Å². The summed E-state index contributed by atoms with van der Waals surface area (Å²) in [5.41, 5.74) is 0.578. The van der Waals surface area contributed by atoms with Crippen LogP contribution in [0.25, 0.3) is 0 Å². The summed E-state index contributed by atoms with van der Waals surface area (Å²) in [6, 6.07) is 6.94. The van der Waals surface area contributed by atoms with Crippen LogP contribution in [0.2, 0.25) is 5.02 Å². The largest absolute Gasteiger partial charge is 0.367 e. The SMILES string of the molecule is CC(C)c1nc([C@H]2CN(S(=O)(=O)Cc3ccccc3Cl)CCO2)no1. The maximum Gasteiger partial charge on any atom is 0.229 e. The zero-order valence-electron chi connectivity index (χ0n) is 14.1. The number of hydrogen-bond donors (Lipinski definition) is 0. The van der Waals surface area contributed by atoms with Crippen LogP contribution in [0.3, 0.4) is 0 Å². The lowest BCUT2D eigenvalue weighted by Gasteiger charge is -2.30. The van der Waals surface area contributed by atoms with Crippen LogP contribution >= 0.6 is 11.6 Å². The number of halogens is 1. The molecule has 25 heavy (non-hydrogen) atoms. The molecule has 2 aromatic rings. The molecule has 1 aromatic carbocycles. The van der Waals surface area contributed by atoms with E-state index in [1.807, 2.05) is 13.8 Å². The Morgan fingerprint density at radius 1 is 1.36 bits per heavy atom. The molecule has 1 saturated heterocycles. The van der Waals surface area contributed by atoms with Crippen LogP contribution in [-0.4, -0.2) is 42.6 Å². The highest BCUT2D eigenvalue weighted by Gasteiger charge is 2.33. The van der Waals surface area contributed by atoms with E-state index in [0.29, 0.717) is 22.3 Å². The van der Waals surface area contributed by atoms with Gasteiger partial charge in [-0.3, -0.25) is 0 Å². The number of nitrogens with zero attached hydrogens (tertiary/aromatic N) is 3. The van der Waals surface area contributed by atoms with Gasteiger partial charge in [0.15, 0.2) is 0 Å². The van der Waals surface area contributed by atoms with Gasteiger partial charge in [0.25, 0.3) is 0 Å². The van der Waals surface area contributed by atoms with Crippen molar-refractivity contribution in [2.75, 3.05) is 19.7 Å². The van der Waals surface area contributed by atoms with Gasteiger partial charge in [-0.2, -0.15) is 9.29 Å². The molecule has 1 aliphatic rings. The van der Waals surface area contributed by atoms with Crippen LogP contribution in [0.15, 0.2) is 28.8 Å². The second-order valence-electron chi connectivity index (χ2n) is 6.21. The van der Waals surface area contributed by atoms with E-state index in [2.05, 4.69) is 10.1 Å². The van der Waals surface area contributed by atoms with Crippen LogP contribution in [0.4, 0.5) is 0 Å². The van der Waals surface area contributed by atoms with Gasteiger partial charge >= 0.3 is 0 Å². The van der Waals surface area contributed by atoms with Crippen molar-refractivity contribution in [2.45, 2.75) is 31.6 Å². The predicted molar refractivity (Wildman–Crippen MR) is 92.7 cm³/mol. The van der Waals surface area contributed by atoms with Crippen molar-refractivity contribution in [3.05, 3.63) is 46.6 Å². The normalized spacial score (nSPS) is 19.4. The van der Waals surface area contributed by atoms with Crippen molar-refractivity contribution in [3.8, 4) is 0 Å². The third-order valence-corrected chi connectivity index (χ3v) is 6.12. The quantitative estimate of drug-likeness (QED) is 0.786. The van der Waals surface area contributed by atoms with Crippen molar-refractivity contribution in [2.24, 2.45) is 0 Å². The highest BCUT2D eigenvalue weighted by atomic mass is 35.5. The zero-order chi connectivity index (χ0) is 18.0. The first-order chi connectivity index (χ1) is 11.9. The summed E-state index contributed by atoms with van der Waals surface area (Å²) in [4.78, 5) is 4.30. The van der Waals surface area contributed by atoms with Crippen molar-refractivity contribution in [1.82, 2.24) is 14.4 Å². The number of morpholine rings is 1. The van der Waals surface area contributed by atoms with Gasteiger partial charge in [-0.15, -0.1) is 0 Å². The molecule has 0 amide bonds. The Kier molecular flexibility index (Phi) is 5.43. The van der Waals surface area contributed by atoms with Crippen LogP contribution in [0, 0.1) is 0 Å².